The number of carbonyl (C=O) groups is 1. The zero-order chi connectivity index (χ0) is 14.7. The first kappa shape index (κ1) is 14.3. The fraction of sp³-hybridized carbons (Fsp3) is 0.0714. The lowest BCUT2D eigenvalue weighted by molar-refractivity contribution is 0.262. The molecule has 0 bridgehead atoms. The van der Waals surface area contributed by atoms with Gasteiger partial charge in [-0.1, -0.05) is 23.7 Å². The van der Waals surface area contributed by atoms with Crippen molar-refractivity contribution in [3.8, 4) is 0 Å². The van der Waals surface area contributed by atoms with Crippen LogP contribution in [0.1, 0.15) is 5.56 Å². The zero-order valence-corrected chi connectivity index (χ0v) is 11.3. The van der Waals surface area contributed by atoms with Crippen LogP contribution >= 0.6 is 11.6 Å². The van der Waals surface area contributed by atoms with Crippen molar-refractivity contribution in [3.05, 3.63) is 58.6 Å². The maximum Gasteiger partial charge on any atom is 0.323 e. The molecule has 0 heterocycles. The average Bonchev–Trinajstić information content (AvgIpc) is 2.38. The number of hydrogen-bond acceptors (Lipinski definition) is 1. The molecule has 2 aromatic rings. The van der Waals surface area contributed by atoms with E-state index in [4.69, 9.17) is 11.6 Å². The van der Waals surface area contributed by atoms with Gasteiger partial charge in [-0.15, -0.1) is 0 Å². The van der Waals surface area contributed by atoms with Crippen molar-refractivity contribution in [2.24, 2.45) is 0 Å². The van der Waals surface area contributed by atoms with Gasteiger partial charge in [0.25, 0.3) is 0 Å². The lowest BCUT2D eigenvalue weighted by Gasteiger charge is -2.11. The second kappa shape index (κ2) is 5.88. The summed E-state index contributed by atoms with van der Waals surface area (Å²) < 4.78 is 26.4. The minimum absolute atomic E-state index is 0.243. The number of hydrogen-bond donors (Lipinski definition) is 2. The molecular formula is C14H11ClF2N2O. The number of halogens is 3. The van der Waals surface area contributed by atoms with E-state index in [1.165, 1.54) is 0 Å². The SMILES string of the molecule is Cc1cccc(Cl)c1NC(=O)Nc1cc(F)ccc1F. The maximum atomic E-state index is 13.4. The number of benzene rings is 2. The van der Waals surface area contributed by atoms with Crippen molar-refractivity contribution in [2.75, 3.05) is 10.6 Å². The van der Waals surface area contributed by atoms with Gasteiger partial charge in [0.05, 0.1) is 16.4 Å². The summed E-state index contributed by atoms with van der Waals surface area (Å²) in [7, 11) is 0. The number of rotatable bonds is 2. The molecule has 104 valence electrons. The molecule has 2 rings (SSSR count). The Morgan fingerprint density at radius 1 is 1.15 bits per heavy atom. The van der Waals surface area contributed by atoms with Gasteiger partial charge in [-0.25, -0.2) is 13.6 Å². The monoisotopic (exact) mass is 296 g/mol. The van der Waals surface area contributed by atoms with E-state index in [2.05, 4.69) is 10.6 Å². The van der Waals surface area contributed by atoms with E-state index < -0.39 is 17.7 Å². The van der Waals surface area contributed by atoms with Gasteiger partial charge in [-0.05, 0) is 30.7 Å². The van der Waals surface area contributed by atoms with E-state index in [1.54, 1.807) is 25.1 Å². The molecular weight excluding hydrogens is 286 g/mol. The summed E-state index contributed by atoms with van der Waals surface area (Å²) in [4.78, 5) is 11.8. The number of nitrogens with one attached hydrogen (secondary N) is 2. The summed E-state index contributed by atoms with van der Waals surface area (Å²) >= 11 is 5.96. The fourth-order valence-corrected chi connectivity index (χ4v) is 1.92. The topological polar surface area (TPSA) is 41.1 Å². The Morgan fingerprint density at radius 2 is 1.90 bits per heavy atom. The molecule has 6 heteroatoms. The van der Waals surface area contributed by atoms with Crippen molar-refractivity contribution in [3.63, 3.8) is 0 Å². The third-order valence-corrected chi connectivity index (χ3v) is 2.95. The lowest BCUT2D eigenvalue weighted by atomic mass is 10.2. The Balaban J connectivity index is 2.15. The van der Waals surface area contributed by atoms with Crippen LogP contribution in [0.3, 0.4) is 0 Å². The Morgan fingerprint density at radius 3 is 2.60 bits per heavy atom. The Kier molecular flexibility index (Phi) is 4.20. The molecule has 3 nitrogen and oxygen atoms in total. The van der Waals surface area contributed by atoms with Crippen LogP contribution in [0.4, 0.5) is 25.0 Å². The molecule has 2 amide bonds. The molecule has 0 aliphatic heterocycles. The third-order valence-electron chi connectivity index (χ3n) is 2.64. The van der Waals surface area contributed by atoms with Crippen molar-refractivity contribution < 1.29 is 13.6 Å². The first-order chi connectivity index (χ1) is 9.47. The van der Waals surface area contributed by atoms with Crippen LogP contribution in [-0.2, 0) is 0 Å². The highest BCUT2D eigenvalue weighted by Crippen LogP contribution is 2.25. The summed E-state index contributed by atoms with van der Waals surface area (Å²) in [5.41, 5.74) is 0.933. The molecule has 0 aliphatic carbocycles. The largest absolute Gasteiger partial charge is 0.323 e. The van der Waals surface area contributed by atoms with E-state index in [9.17, 15) is 13.6 Å². The normalized spacial score (nSPS) is 10.2. The summed E-state index contributed by atoms with van der Waals surface area (Å²) in [6.07, 6.45) is 0. The average molecular weight is 297 g/mol. The Labute approximate surface area is 119 Å². The molecule has 2 N–H and O–H groups in total. The van der Waals surface area contributed by atoms with E-state index in [0.29, 0.717) is 10.7 Å². The molecule has 0 aromatic heterocycles. The molecule has 20 heavy (non-hydrogen) atoms. The van der Waals surface area contributed by atoms with Gasteiger partial charge < -0.3 is 10.6 Å². The van der Waals surface area contributed by atoms with Crippen LogP contribution in [0.2, 0.25) is 5.02 Å². The quantitative estimate of drug-likeness (QED) is 0.837. The highest BCUT2D eigenvalue weighted by Gasteiger charge is 2.11. The molecule has 0 aliphatic rings. The number of amides is 2. The number of para-hydroxylation sites is 1. The minimum atomic E-state index is -0.725. The van der Waals surface area contributed by atoms with Crippen molar-refractivity contribution in [1.29, 1.82) is 0 Å². The van der Waals surface area contributed by atoms with Gasteiger partial charge in [0.15, 0.2) is 0 Å². The Hall–Kier alpha value is -2.14. The molecule has 2 aromatic carbocycles. The van der Waals surface area contributed by atoms with Gasteiger partial charge in [-0.3, -0.25) is 0 Å². The van der Waals surface area contributed by atoms with Gasteiger partial charge in [0, 0.05) is 6.07 Å². The number of urea groups is 1. The predicted molar refractivity (Wildman–Crippen MR) is 75.2 cm³/mol. The molecule has 0 radical (unpaired) electrons. The van der Waals surface area contributed by atoms with Crippen LogP contribution in [0.25, 0.3) is 0 Å². The van der Waals surface area contributed by atoms with E-state index >= 15 is 0 Å². The highest BCUT2D eigenvalue weighted by atomic mass is 35.5. The third kappa shape index (κ3) is 3.24. The van der Waals surface area contributed by atoms with Gasteiger partial charge in [0.1, 0.15) is 11.6 Å². The summed E-state index contributed by atoms with van der Waals surface area (Å²) in [5.74, 6) is -1.37. The van der Waals surface area contributed by atoms with Crippen LogP contribution in [0, 0.1) is 18.6 Å². The van der Waals surface area contributed by atoms with Crippen molar-refractivity contribution in [1.82, 2.24) is 0 Å². The van der Waals surface area contributed by atoms with E-state index in [-0.39, 0.29) is 5.69 Å². The molecule has 0 unspecified atom stereocenters. The van der Waals surface area contributed by atoms with E-state index in [0.717, 1.165) is 23.8 Å². The van der Waals surface area contributed by atoms with E-state index in [1.807, 2.05) is 0 Å². The molecule has 0 spiro atoms. The van der Waals surface area contributed by atoms with Gasteiger partial charge in [-0.2, -0.15) is 0 Å². The summed E-state index contributed by atoms with van der Waals surface area (Å²) in [6.45, 7) is 1.77. The predicted octanol–water partition coefficient (Wildman–Crippen LogP) is 4.57. The van der Waals surface area contributed by atoms with Crippen LogP contribution in [0.5, 0.6) is 0 Å². The first-order valence-electron chi connectivity index (χ1n) is 5.75. The van der Waals surface area contributed by atoms with Crippen LogP contribution < -0.4 is 10.6 Å². The van der Waals surface area contributed by atoms with Gasteiger partial charge >= 0.3 is 6.03 Å². The lowest BCUT2D eigenvalue weighted by Crippen LogP contribution is -2.21. The van der Waals surface area contributed by atoms with Crippen LogP contribution in [0.15, 0.2) is 36.4 Å². The molecule has 0 atom stereocenters. The standard InChI is InChI=1S/C14H11ClF2N2O/c1-8-3-2-4-10(15)13(8)19-14(20)18-12-7-9(16)5-6-11(12)17/h2-7H,1H3,(H2,18,19,20). The second-order valence-electron chi connectivity index (χ2n) is 4.14. The zero-order valence-electron chi connectivity index (χ0n) is 10.5. The smallest absolute Gasteiger partial charge is 0.306 e. The van der Waals surface area contributed by atoms with Gasteiger partial charge in [0.2, 0.25) is 0 Å². The summed E-state index contributed by atoms with van der Waals surface area (Å²) in [5, 5.41) is 5.09. The first-order valence-corrected chi connectivity index (χ1v) is 6.13. The maximum absolute atomic E-state index is 13.4. The highest BCUT2D eigenvalue weighted by molar-refractivity contribution is 6.34. The number of carbonyl (C=O) groups excluding carboxylic acids is 1. The van der Waals surface area contributed by atoms with Crippen molar-refractivity contribution >= 4 is 29.0 Å². The second-order valence-corrected chi connectivity index (χ2v) is 4.54. The molecule has 0 saturated carbocycles. The molecule has 0 fully saturated rings. The summed E-state index contributed by atoms with van der Waals surface area (Å²) in [6, 6.07) is 7.23. The fourth-order valence-electron chi connectivity index (χ4n) is 1.65. The number of anilines is 2. The van der Waals surface area contributed by atoms with Crippen LogP contribution in [-0.4, -0.2) is 6.03 Å². The van der Waals surface area contributed by atoms with Crippen molar-refractivity contribution in [2.45, 2.75) is 6.92 Å². The minimum Gasteiger partial charge on any atom is -0.306 e. The number of aryl methyl sites for hydroxylation is 1. The Bertz CT molecular complexity index is 641. The molecule has 0 saturated heterocycles.